The van der Waals surface area contributed by atoms with Crippen LogP contribution in [0.15, 0.2) is 12.3 Å². The van der Waals surface area contributed by atoms with Crippen LogP contribution >= 0.6 is 23.2 Å². The van der Waals surface area contributed by atoms with Crippen molar-refractivity contribution in [1.82, 2.24) is 15.2 Å². The lowest BCUT2D eigenvalue weighted by atomic mass is 9.77. The number of aromatic nitrogens is 1. The largest absolute Gasteiger partial charge is 0.356 e. The van der Waals surface area contributed by atoms with Crippen LogP contribution in [0.25, 0.3) is 0 Å². The summed E-state index contributed by atoms with van der Waals surface area (Å²) in [6.07, 6.45) is 3.61. The van der Waals surface area contributed by atoms with Crippen molar-refractivity contribution < 1.29 is 9.59 Å². The summed E-state index contributed by atoms with van der Waals surface area (Å²) in [5, 5.41) is 3.44. The number of amides is 2. The summed E-state index contributed by atoms with van der Waals surface area (Å²) in [4.78, 5) is 29.5. The van der Waals surface area contributed by atoms with E-state index in [1.54, 1.807) is 4.90 Å². The number of rotatable bonds is 1. The molecular weight excluding hydrogens is 313 g/mol. The summed E-state index contributed by atoms with van der Waals surface area (Å²) in [5.41, 5.74) is 0.404. The van der Waals surface area contributed by atoms with Gasteiger partial charge in [-0.2, -0.15) is 0 Å². The van der Waals surface area contributed by atoms with E-state index >= 15 is 0 Å². The van der Waals surface area contributed by atoms with Crippen molar-refractivity contribution in [3.05, 3.63) is 28.0 Å². The van der Waals surface area contributed by atoms with Crippen LogP contribution in [-0.2, 0) is 4.79 Å². The zero-order chi connectivity index (χ0) is 15.0. The van der Waals surface area contributed by atoms with Gasteiger partial charge in [-0.25, -0.2) is 4.98 Å². The van der Waals surface area contributed by atoms with Crippen molar-refractivity contribution in [2.75, 3.05) is 19.6 Å². The molecule has 21 heavy (non-hydrogen) atoms. The van der Waals surface area contributed by atoms with Gasteiger partial charge in [0, 0.05) is 32.3 Å². The van der Waals surface area contributed by atoms with Crippen LogP contribution in [-0.4, -0.2) is 41.3 Å². The molecule has 2 aliphatic rings. The summed E-state index contributed by atoms with van der Waals surface area (Å²) in [7, 11) is 0. The number of hydrogen-bond acceptors (Lipinski definition) is 3. The Kier molecular flexibility index (Phi) is 3.80. The Bertz CT molecular complexity index is 598. The van der Waals surface area contributed by atoms with Crippen molar-refractivity contribution in [1.29, 1.82) is 0 Å². The van der Waals surface area contributed by atoms with Crippen molar-refractivity contribution >= 4 is 35.0 Å². The number of nitrogens with zero attached hydrogens (tertiary/aromatic N) is 2. The van der Waals surface area contributed by atoms with Gasteiger partial charge < -0.3 is 10.2 Å². The molecule has 5 nitrogen and oxygen atoms in total. The van der Waals surface area contributed by atoms with Crippen LogP contribution in [0.5, 0.6) is 0 Å². The van der Waals surface area contributed by atoms with E-state index in [1.807, 2.05) is 0 Å². The Labute approximate surface area is 132 Å². The quantitative estimate of drug-likeness (QED) is 0.804. The van der Waals surface area contributed by atoms with Crippen molar-refractivity contribution in [2.24, 2.45) is 5.41 Å². The number of carbonyl (C=O) groups excluding carboxylic acids is 2. The summed E-state index contributed by atoms with van der Waals surface area (Å²) >= 11 is 11.9. The molecule has 2 aliphatic heterocycles. The highest BCUT2D eigenvalue weighted by molar-refractivity contribution is 6.35. The first kappa shape index (κ1) is 14.6. The molecule has 0 atom stereocenters. The maximum absolute atomic E-state index is 12.5. The molecule has 0 unspecified atom stereocenters. The third kappa shape index (κ3) is 2.85. The van der Waals surface area contributed by atoms with Gasteiger partial charge in [0.15, 0.2) is 0 Å². The number of carbonyl (C=O) groups is 2. The van der Waals surface area contributed by atoms with Gasteiger partial charge >= 0.3 is 0 Å². The predicted octanol–water partition coefficient (Wildman–Crippen LogP) is 2.13. The topological polar surface area (TPSA) is 62.3 Å². The third-order valence-corrected chi connectivity index (χ3v) is 4.87. The smallest absolute Gasteiger partial charge is 0.255 e. The maximum Gasteiger partial charge on any atom is 0.255 e. The van der Waals surface area contributed by atoms with Crippen LogP contribution < -0.4 is 5.32 Å². The number of nitrogens with one attached hydrogen (secondary N) is 1. The fraction of sp³-hybridized carbons (Fsp3) is 0.500. The Hall–Kier alpha value is -1.33. The molecular formula is C14H15Cl2N3O2. The molecule has 3 rings (SSSR count). The fourth-order valence-corrected chi connectivity index (χ4v) is 3.38. The van der Waals surface area contributed by atoms with E-state index < -0.39 is 0 Å². The molecule has 0 radical (unpaired) electrons. The van der Waals surface area contributed by atoms with E-state index in [2.05, 4.69) is 10.3 Å². The normalized spacial score (nSPS) is 20.7. The van der Waals surface area contributed by atoms with Gasteiger partial charge in [-0.3, -0.25) is 9.59 Å². The molecule has 0 bridgehead atoms. The third-order valence-electron chi connectivity index (χ3n) is 4.36. The van der Waals surface area contributed by atoms with E-state index in [-0.39, 0.29) is 22.4 Å². The molecule has 3 heterocycles. The fourth-order valence-electron chi connectivity index (χ4n) is 3.04. The SMILES string of the molecule is O=C1CC2(CCN(C(=O)c3cc(Cl)ncc3Cl)CC2)CN1. The molecule has 2 amide bonds. The Morgan fingerprint density at radius 3 is 2.67 bits per heavy atom. The average Bonchev–Trinajstić information content (AvgIpc) is 2.83. The number of likely N-dealkylation sites (tertiary alicyclic amines) is 1. The predicted molar refractivity (Wildman–Crippen MR) is 79.5 cm³/mol. The highest BCUT2D eigenvalue weighted by Gasteiger charge is 2.41. The van der Waals surface area contributed by atoms with Gasteiger partial charge in [0.2, 0.25) is 5.91 Å². The lowest BCUT2D eigenvalue weighted by Crippen LogP contribution is -2.44. The molecule has 1 spiro atoms. The highest BCUT2D eigenvalue weighted by Crippen LogP contribution is 2.38. The highest BCUT2D eigenvalue weighted by atomic mass is 35.5. The molecule has 2 saturated heterocycles. The monoisotopic (exact) mass is 327 g/mol. The van der Waals surface area contributed by atoms with Crippen molar-refractivity contribution in [2.45, 2.75) is 19.3 Å². The lowest BCUT2D eigenvalue weighted by molar-refractivity contribution is -0.119. The molecule has 7 heteroatoms. The Morgan fingerprint density at radius 2 is 2.05 bits per heavy atom. The van der Waals surface area contributed by atoms with Gasteiger partial charge in [-0.1, -0.05) is 23.2 Å². The first-order valence-electron chi connectivity index (χ1n) is 6.86. The molecule has 0 saturated carbocycles. The summed E-state index contributed by atoms with van der Waals surface area (Å²) < 4.78 is 0. The minimum absolute atomic E-state index is 0.0214. The molecule has 0 aromatic carbocycles. The minimum atomic E-state index is -0.128. The van der Waals surface area contributed by atoms with E-state index in [0.29, 0.717) is 30.1 Å². The Morgan fingerprint density at radius 1 is 1.33 bits per heavy atom. The van der Waals surface area contributed by atoms with Gasteiger partial charge in [-0.15, -0.1) is 0 Å². The van der Waals surface area contributed by atoms with Gasteiger partial charge in [0.05, 0.1) is 10.6 Å². The van der Waals surface area contributed by atoms with E-state index in [0.717, 1.165) is 19.4 Å². The van der Waals surface area contributed by atoms with Gasteiger partial charge in [0.1, 0.15) is 5.15 Å². The van der Waals surface area contributed by atoms with Crippen molar-refractivity contribution in [3.63, 3.8) is 0 Å². The maximum atomic E-state index is 12.5. The second-order valence-electron chi connectivity index (χ2n) is 5.73. The lowest BCUT2D eigenvalue weighted by Gasteiger charge is -2.38. The molecule has 1 aromatic heterocycles. The molecule has 1 aromatic rings. The van der Waals surface area contributed by atoms with E-state index in [9.17, 15) is 9.59 Å². The van der Waals surface area contributed by atoms with Gasteiger partial charge in [-0.05, 0) is 24.3 Å². The van der Waals surface area contributed by atoms with Crippen LogP contribution in [0, 0.1) is 5.41 Å². The minimum Gasteiger partial charge on any atom is -0.356 e. The summed E-state index contributed by atoms with van der Waals surface area (Å²) in [5.74, 6) is -0.0184. The zero-order valence-electron chi connectivity index (χ0n) is 11.4. The first-order valence-corrected chi connectivity index (χ1v) is 7.62. The van der Waals surface area contributed by atoms with Crippen LogP contribution in [0.1, 0.15) is 29.6 Å². The van der Waals surface area contributed by atoms with Gasteiger partial charge in [0.25, 0.3) is 5.91 Å². The molecule has 112 valence electrons. The Balaban J connectivity index is 1.70. The van der Waals surface area contributed by atoms with Crippen LogP contribution in [0.2, 0.25) is 10.2 Å². The standard InChI is InChI=1S/C14H15Cl2N3O2/c15-10-7-17-11(16)5-9(10)13(21)19-3-1-14(2-4-19)6-12(20)18-8-14/h5,7H,1-4,6,8H2,(H,18,20). The molecule has 2 fully saturated rings. The average molecular weight is 328 g/mol. The van der Waals surface area contributed by atoms with Crippen molar-refractivity contribution in [3.8, 4) is 0 Å². The molecule has 1 N–H and O–H groups in total. The van der Waals surface area contributed by atoms with Crippen LogP contribution in [0.3, 0.4) is 0 Å². The van der Waals surface area contributed by atoms with E-state index in [1.165, 1.54) is 12.3 Å². The molecule has 0 aliphatic carbocycles. The number of halogens is 2. The number of pyridine rings is 1. The zero-order valence-corrected chi connectivity index (χ0v) is 12.9. The number of hydrogen-bond donors (Lipinski definition) is 1. The second kappa shape index (κ2) is 5.46. The number of piperidine rings is 1. The van der Waals surface area contributed by atoms with E-state index in [4.69, 9.17) is 23.2 Å². The first-order chi connectivity index (χ1) is 9.99. The van der Waals surface area contributed by atoms with Crippen LogP contribution in [0.4, 0.5) is 0 Å². The summed E-state index contributed by atoms with van der Waals surface area (Å²) in [6.45, 7) is 1.98. The summed E-state index contributed by atoms with van der Waals surface area (Å²) in [6, 6.07) is 1.50. The second-order valence-corrected chi connectivity index (χ2v) is 6.53.